The number of ether oxygens (including phenoxy) is 4. The Morgan fingerprint density at radius 2 is 1.43 bits per heavy atom. The first-order valence-corrected chi connectivity index (χ1v) is 13.5. The Labute approximate surface area is 236 Å². The van der Waals surface area contributed by atoms with Gasteiger partial charge in [-0.25, -0.2) is 9.59 Å². The fraction of sp³-hybridized carbons (Fsp3) is 0.375. The minimum Gasteiger partial charge on any atom is -0.492 e. The molecule has 40 heavy (non-hydrogen) atoms. The smallest absolute Gasteiger partial charge is 0.415 e. The standard InChI is InChI=1S/C32H39NO7/c1-5-37-29(30(34)35)23-24-11-13-25(14-12-24)38-22-21-33(20-19-32(2,3)4)31(36)40-28-17-15-27(16-18-28)39-26-9-7-6-8-10-26/h6-18,29H,5,19-23H2,1-4H3,(H,34,35). The Morgan fingerprint density at radius 3 is 2.02 bits per heavy atom. The van der Waals surface area contributed by atoms with Crippen LogP contribution in [0.25, 0.3) is 0 Å². The highest BCUT2D eigenvalue weighted by molar-refractivity contribution is 5.72. The second-order valence-corrected chi connectivity index (χ2v) is 10.5. The molecule has 0 bridgehead atoms. The van der Waals surface area contributed by atoms with Crippen molar-refractivity contribution in [2.24, 2.45) is 5.41 Å². The van der Waals surface area contributed by atoms with E-state index in [1.54, 1.807) is 48.2 Å². The van der Waals surface area contributed by atoms with Crippen molar-refractivity contribution in [3.05, 3.63) is 84.4 Å². The Kier molecular flexibility index (Phi) is 11.4. The van der Waals surface area contributed by atoms with Gasteiger partial charge in [0, 0.05) is 19.6 Å². The van der Waals surface area contributed by atoms with Gasteiger partial charge in [-0.1, -0.05) is 51.1 Å². The molecule has 0 saturated heterocycles. The molecule has 0 aliphatic heterocycles. The number of para-hydroxylation sites is 1. The van der Waals surface area contributed by atoms with Crippen LogP contribution < -0.4 is 14.2 Å². The van der Waals surface area contributed by atoms with E-state index in [9.17, 15) is 14.7 Å². The number of nitrogens with zero attached hydrogens (tertiary/aromatic N) is 1. The van der Waals surface area contributed by atoms with E-state index in [1.165, 1.54) is 0 Å². The molecule has 3 aromatic carbocycles. The number of hydrogen-bond donors (Lipinski definition) is 1. The number of carbonyl (C=O) groups excluding carboxylic acids is 1. The second-order valence-electron chi connectivity index (χ2n) is 10.5. The van der Waals surface area contributed by atoms with Crippen molar-refractivity contribution in [2.75, 3.05) is 26.3 Å². The van der Waals surface area contributed by atoms with Gasteiger partial charge in [0.2, 0.25) is 0 Å². The fourth-order valence-electron chi connectivity index (χ4n) is 3.76. The molecule has 1 amide bonds. The first-order valence-electron chi connectivity index (χ1n) is 13.5. The van der Waals surface area contributed by atoms with Gasteiger partial charge in [-0.05, 0) is 72.9 Å². The van der Waals surface area contributed by atoms with Crippen LogP contribution in [0.1, 0.15) is 39.7 Å². The monoisotopic (exact) mass is 549 g/mol. The second kappa shape index (κ2) is 14.9. The Balaban J connectivity index is 1.55. The third-order valence-electron chi connectivity index (χ3n) is 6.02. The number of aliphatic carboxylic acids is 1. The molecule has 214 valence electrons. The molecule has 3 rings (SSSR count). The van der Waals surface area contributed by atoms with Crippen molar-refractivity contribution in [2.45, 2.75) is 46.6 Å². The molecule has 0 spiro atoms. The summed E-state index contributed by atoms with van der Waals surface area (Å²) in [5.74, 6) is 1.44. The summed E-state index contributed by atoms with van der Waals surface area (Å²) in [5.41, 5.74) is 0.879. The van der Waals surface area contributed by atoms with Crippen LogP contribution in [-0.2, 0) is 16.0 Å². The van der Waals surface area contributed by atoms with Crippen molar-refractivity contribution >= 4 is 12.1 Å². The molecule has 8 nitrogen and oxygen atoms in total. The fourth-order valence-corrected chi connectivity index (χ4v) is 3.76. The van der Waals surface area contributed by atoms with E-state index in [0.717, 1.165) is 17.7 Å². The molecule has 8 heteroatoms. The van der Waals surface area contributed by atoms with Gasteiger partial charge < -0.3 is 29.0 Å². The summed E-state index contributed by atoms with van der Waals surface area (Å²) < 4.78 is 22.6. The van der Waals surface area contributed by atoms with Crippen LogP contribution >= 0.6 is 0 Å². The molecule has 0 fully saturated rings. The SMILES string of the molecule is CCOC(Cc1ccc(OCCN(CCC(C)(C)C)C(=O)Oc2ccc(Oc3ccccc3)cc2)cc1)C(=O)O. The van der Waals surface area contributed by atoms with Crippen LogP contribution in [0.2, 0.25) is 0 Å². The van der Waals surface area contributed by atoms with E-state index >= 15 is 0 Å². The van der Waals surface area contributed by atoms with E-state index in [2.05, 4.69) is 20.8 Å². The van der Waals surface area contributed by atoms with E-state index in [-0.39, 0.29) is 18.4 Å². The topological polar surface area (TPSA) is 94.5 Å². The summed E-state index contributed by atoms with van der Waals surface area (Å²) in [7, 11) is 0. The number of carbonyl (C=O) groups is 2. The summed E-state index contributed by atoms with van der Waals surface area (Å²) in [6.45, 7) is 9.62. The van der Waals surface area contributed by atoms with Crippen molar-refractivity contribution in [1.29, 1.82) is 0 Å². The number of carboxylic acids is 1. The number of benzene rings is 3. The molecule has 0 aliphatic carbocycles. The highest BCUT2D eigenvalue weighted by Gasteiger charge is 2.20. The summed E-state index contributed by atoms with van der Waals surface area (Å²) in [5, 5.41) is 9.29. The van der Waals surface area contributed by atoms with E-state index in [4.69, 9.17) is 18.9 Å². The lowest BCUT2D eigenvalue weighted by Crippen LogP contribution is -2.38. The molecular formula is C32H39NO7. The molecule has 0 saturated carbocycles. The van der Waals surface area contributed by atoms with Gasteiger partial charge in [0.15, 0.2) is 6.10 Å². The van der Waals surface area contributed by atoms with Crippen LogP contribution in [-0.4, -0.2) is 54.5 Å². The maximum Gasteiger partial charge on any atom is 0.415 e. The van der Waals surface area contributed by atoms with Gasteiger partial charge in [-0.3, -0.25) is 0 Å². The van der Waals surface area contributed by atoms with Crippen LogP contribution in [0.3, 0.4) is 0 Å². The number of amides is 1. The number of rotatable bonds is 14. The maximum atomic E-state index is 13.1. The van der Waals surface area contributed by atoms with E-state index in [0.29, 0.717) is 36.9 Å². The molecule has 0 heterocycles. The highest BCUT2D eigenvalue weighted by atomic mass is 16.6. The minimum atomic E-state index is -0.985. The molecule has 1 unspecified atom stereocenters. The molecule has 3 aromatic rings. The van der Waals surface area contributed by atoms with Gasteiger partial charge >= 0.3 is 12.1 Å². The largest absolute Gasteiger partial charge is 0.492 e. The average Bonchev–Trinajstić information content (AvgIpc) is 2.92. The minimum absolute atomic E-state index is 0.0426. The van der Waals surface area contributed by atoms with Crippen LogP contribution in [0.15, 0.2) is 78.9 Å². The molecule has 0 aromatic heterocycles. The summed E-state index contributed by atoms with van der Waals surface area (Å²) in [6.07, 6.45) is -0.261. The van der Waals surface area contributed by atoms with Crippen molar-refractivity contribution in [1.82, 2.24) is 4.90 Å². The first kappa shape index (κ1) is 30.5. The summed E-state index contributed by atoms with van der Waals surface area (Å²) >= 11 is 0. The normalized spacial score (nSPS) is 11.9. The van der Waals surface area contributed by atoms with Crippen LogP contribution in [0.4, 0.5) is 4.79 Å². The predicted octanol–water partition coefficient (Wildman–Crippen LogP) is 6.83. The van der Waals surface area contributed by atoms with Crippen LogP contribution in [0, 0.1) is 5.41 Å². The lowest BCUT2D eigenvalue weighted by atomic mass is 9.92. The molecule has 1 atom stereocenters. The zero-order valence-corrected chi connectivity index (χ0v) is 23.7. The molecule has 1 N–H and O–H groups in total. The number of hydrogen-bond acceptors (Lipinski definition) is 6. The Hall–Kier alpha value is -4.04. The first-order chi connectivity index (χ1) is 19.1. The Bertz CT molecular complexity index is 1190. The van der Waals surface area contributed by atoms with Gasteiger partial charge in [-0.15, -0.1) is 0 Å². The Morgan fingerprint density at radius 1 is 0.825 bits per heavy atom. The third kappa shape index (κ3) is 10.6. The van der Waals surface area contributed by atoms with E-state index < -0.39 is 18.2 Å². The predicted molar refractivity (Wildman–Crippen MR) is 153 cm³/mol. The van der Waals surface area contributed by atoms with E-state index in [1.807, 2.05) is 42.5 Å². The quantitative estimate of drug-likeness (QED) is 0.236. The van der Waals surface area contributed by atoms with Gasteiger partial charge in [0.05, 0.1) is 6.54 Å². The maximum absolute atomic E-state index is 13.1. The zero-order chi connectivity index (χ0) is 29.0. The van der Waals surface area contributed by atoms with Gasteiger partial charge in [-0.2, -0.15) is 0 Å². The van der Waals surface area contributed by atoms with Crippen molar-refractivity contribution in [3.63, 3.8) is 0 Å². The van der Waals surface area contributed by atoms with Gasteiger partial charge in [0.25, 0.3) is 0 Å². The molecule has 0 radical (unpaired) electrons. The highest BCUT2D eigenvalue weighted by Crippen LogP contribution is 2.24. The zero-order valence-electron chi connectivity index (χ0n) is 23.7. The summed E-state index contributed by atoms with van der Waals surface area (Å²) in [4.78, 5) is 26.0. The average molecular weight is 550 g/mol. The summed E-state index contributed by atoms with van der Waals surface area (Å²) in [6, 6.07) is 23.6. The molecule has 0 aliphatic rings. The lowest BCUT2D eigenvalue weighted by molar-refractivity contribution is -0.149. The van der Waals surface area contributed by atoms with Crippen molar-refractivity contribution in [3.8, 4) is 23.0 Å². The van der Waals surface area contributed by atoms with Crippen molar-refractivity contribution < 1.29 is 33.6 Å². The lowest BCUT2D eigenvalue weighted by Gasteiger charge is -2.26. The number of carboxylic acid groups (broad SMARTS) is 1. The van der Waals surface area contributed by atoms with Gasteiger partial charge in [0.1, 0.15) is 29.6 Å². The third-order valence-corrected chi connectivity index (χ3v) is 6.02. The molecular weight excluding hydrogens is 510 g/mol. The van der Waals surface area contributed by atoms with Crippen LogP contribution in [0.5, 0.6) is 23.0 Å².